The zero-order chi connectivity index (χ0) is 33.8. The van der Waals surface area contributed by atoms with Crippen molar-refractivity contribution in [2.24, 2.45) is 11.7 Å². The standard InChI is InChI=1S/C36H36F2N4O4S/c1-21(2)32(44)27-19-42(18-25-28(37)10-7-11-29(25)38)36-31(33(27)45)26(17-41(3)16-22-8-5-4-6-9-22)34(47-36)23-12-14-24(15-13-23)40-35(46)30(39)20-43/h4-15,19,21,30,43H,16-18,20,39H2,1-3H3,(H,40,46). The molecule has 3 aromatic carbocycles. The Labute approximate surface area is 275 Å². The van der Waals surface area contributed by atoms with E-state index in [1.807, 2.05) is 37.4 Å². The number of fused-ring (bicyclic) bond motifs is 1. The van der Waals surface area contributed by atoms with Crippen molar-refractivity contribution in [2.75, 3.05) is 19.0 Å². The molecule has 0 radical (unpaired) electrons. The Morgan fingerprint density at radius 1 is 0.957 bits per heavy atom. The second-order valence-electron chi connectivity index (χ2n) is 11.8. The summed E-state index contributed by atoms with van der Waals surface area (Å²) in [5.41, 5.74) is 7.92. The van der Waals surface area contributed by atoms with Gasteiger partial charge in [0, 0.05) is 41.3 Å². The predicted molar refractivity (Wildman–Crippen MR) is 181 cm³/mol. The third-order valence-corrected chi connectivity index (χ3v) is 9.18. The number of hydrogen-bond donors (Lipinski definition) is 3. The molecule has 0 spiro atoms. The van der Waals surface area contributed by atoms with Gasteiger partial charge < -0.3 is 20.7 Å². The van der Waals surface area contributed by atoms with Crippen LogP contribution >= 0.6 is 11.3 Å². The molecule has 1 atom stereocenters. The molecule has 4 N–H and O–H groups in total. The Balaban J connectivity index is 1.70. The summed E-state index contributed by atoms with van der Waals surface area (Å²) in [7, 11) is 1.93. The molecule has 1 unspecified atom stereocenters. The van der Waals surface area contributed by atoms with Crippen LogP contribution in [0.3, 0.4) is 0 Å². The molecule has 0 bridgehead atoms. The van der Waals surface area contributed by atoms with Crippen LogP contribution in [0.2, 0.25) is 0 Å². The lowest BCUT2D eigenvalue weighted by molar-refractivity contribution is -0.118. The number of amides is 1. The third kappa shape index (κ3) is 7.39. The summed E-state index contributed by atoms with van der Waals surface area (Å²) in [6.45, 7) is 3.58. The first kappa shape index (κ1) is 33.8. The summed E-state index contributed by atoms with van der Waals surface area (Å²) < 4.78 is 31.4. The van der Waals surface area contributed by atoms with Crippen molar-refractivity contribution in [2.45, 2.75) is 39.5 Å². The number of benzene rings is 3. The maximum absolute atomic E-state index is 14.9. The van der Waals surface area contributed by atoms with E-state index in [0.29, 0.717) is 34.6 Å². The fourth-order valence-electron chi connectivity index (χ4n) is 5.38. The Morgan fingerprint density at radius 2 is 1.62 bits per heavy atom. The Bertz CT molecular complexity index is 1950. The van der Waals surface area contributed by atoms with Gasteiger partial charge >= 0.3 is 0 Å². The van der Waals surface area contributed by atoms with E-state index < -0.39 is 41.5 Å². The molecule has 5 aromatic rings. The second kappa shape index (κ2) is 14.5. The quantitative estimate of drug-likeness (QED) is 0.146. The van der Waals surface area contributed by atoms with Crippen LogP contribution in [0.1, 0.15) is 40.9 Å². The Kier molecular flexibility index (Phi) is 10.4. The van der Waals surface area contributed by atoms with Crippen molar-refractivity contribution in [3.05, 3.63) is 123 Å². The van der Waals surface area contributed by atoms with Gasteiger partial charge in [0.05, 0.1) is 24.1 Å². The molecule has 0 fully saturated rings. The van der Waals surface area contributed by atoms with Crippen molar-refractivity contribution >= 4 is 38.9 Å². The molecule has 0 aliphatic rings. The minimum atomic E-state index is -1.07. The number of carbonyl (C=O) groups excluding carboxylic acids is 2. The fourth-order valence-corrected chi connectivity index (χ4v) is 6.67. The summed E-state index contributed by atoms with van der Waals surface area (Å²) in [6.07, 6.45) is 1.42. The first-order valence-electron chi connectivity index (χ1n) is 15.1. The third-order valence-electron chi connectivity index (χ3n) is 7.86. The van der Waals surface area contributed by atoms with Gasteiger partial charge in [-0.25, -0.2) is 8.78 Å². The summed E-state index contributed by atoms with van der Waals surface area (Å²) in [5.74, 6) is -2.84. The number of aromatic nitrogens is 1. The molecule has 47 heavy (non-hydrogen) atoms. The minimum absolute atomic E-state index is 0.0427. The zero-order valence-electron chi connectivity index (χ0n) is 26.3. The smallest absolute Gasteiger partial charge is 0.243 e. The minimum Gasteiger partial charge on any atom is -0.394 e. The van der Waals surface area contributed by atoms with Gasteiger partial charge in [0.2, 0.25) is 11.3 Å². The average molecular weight is 659 g/mol. The maximum atomic E-state index is 14.9. The summed E-state index contributed by atoms with van der Waals surface area (Å²) >= 11 is 1.29. The number of Topliss-reactive ketones (excluding diaryl/α,β-unsaturated/α-hetero) is 1. The second-order valence-corrected chi connectivity index (χ2v) is 12.8. The number of carbonyl (C=O) groups is 2. The summed E-state index contributed by atoms with van der Waals surface area (Å²) in [4.78, 5) is 43.1. The average Bonchev–Trinajstić information content (AvgIpc) is 3.43. The van der Waals surface area contributed by atoms with E-state index in [9.17, 15) is 28.3 Å². The first-order valence-corrected chi connectivity index (χ1v) is 16.0. The molecule has 244 valence electrons. The zero-order valence-corrected chi connectivity index (χ0v) is 27.1. The van der Waals surface area contributed by atoms with Gasteiger partial charge in [0.25, 0.3) is 0 Å². The molecule has 2 heterocycles. The van der Waals surface area contributed by atoms with E-state index in [4.69, 9.17) is 5.73 Å². The van der Waals surface area contributed by atoms with Crippen molar-refractivity contribution < 1.29 is 23.5 Å². The van der Waals surface area contributed by atoms with Crippen LogP contribution < -0.4 is 16.5 Å². The number of nitrogens with one attached hydrogen (secondary N) is 1. The van der Waals surface area contributed by atoms with Gasteiger partial charge in [-0.05, 0) is 48.0 Å². The van der Waals surface area contributed by atoms with Crippen LogP contribution in [0.15, 0.2) is 83.8 Å². The molecule has 0 saturated heterocycles. The van der Waals surface area contributed by atoms with E-state index in [1.165, 1.54) is 35.7 Å². The normalized spacial score (nSPS) is 12.2. The van der Waals surface area contributed by atoms with E-state index >= 15 is 0 Å². The molecule has 11 heteroatoms. The molecule has 5 rings (SSSR count). The van der Waals surface area contributed by atoms with Gasteiger partial charge in [-0.2, -0.15) is 0 Å². The summed E-state index contributed by atoms with van der Waals surface area (Å²) in [5, 5.41) is 12.2. The largest absolute Gasteiger partial charge is 0.394 e. The number of nitrogens with zero attached hydrogens (tertiary/aromatic N) is 2. The highest BCUT2D eigenvalue weighted by Crippen LogP contribution is 2.39. The number of rotatable bonds is 12. The monoisotopic (exact) mass is 658 g/mol. The van der Waals surface area contributed by atoms with Crippen molar-refractivity contribution in [1.29, 1.82) is 0 Å². The van der Waals surface area contributed by atoms with E-state index in [0.717, 1.165) is 16.0 Å². The number of halogens is 2. The number of thiophene rings is 1. The SMILES string of the molecule is CC(C)C(=O)c1cn(Cc2c(F)cccc2F)c2sc(-c3ccc(NC(=O)C(N)CO)cc3)c(CN(C)Cc3ccccc3)c2c1=O. The molecular weight excluding hydrogens is 622 g/mol. The lowest BCUT2D eigenvalue weighted by Crippen LogP contribution is -2.38. The van der Waals surface area contributed by atoms with Gasteiger partial charge in [-0.1, -0.05) is 62.4 Å². The molecule has 0 saturated carbocycles. The number of ketones is 1. The van der Waals surface area contributed by atoms with Gasteiger partial charge in [-0.3, -0.25) is 19.3 Å². The highest BCUT2D eigenvalue weighted by Gasteiger charge is 2.26. The van der Waals surface area contributed by atoms with E-state index in [1.54, 1.807) is 42.7 Å². The predicted octanol–water partition coefficient (Wildman–Crippen LogP) is 5.79. The van der Waals surface area contributed by atoms with Gasteiger partial charge in [-0.15, -0.1) is 11.3 Å². The van der Waals surface area contributed by atoms with E-state index in [2.05, 4.69) is 10.2 Å². The number of pyridine rings is 1. The fraction of sp³-hybridized carbons (Fsp3) is 0.250. The van der Waals surface area contributed by atoms with Crippen LogP contribution in [0.5, 0.6) is 0 Å². The molecule has 1 amide bonds. The van der Waals surface area contributed by atoms with Crippen LogP contribution in [0.25, 0.3) is 20.7 Å². The van der Waals surface area contributed by atoms with Crippen molar-refractivity contribution in [3.8, 4) is 10.4 Å². The number of anilines is 1. The van der Waals surface area contributed by atoms with Crippen molar-refractivity contribution in [1.82, 2.24) is 9.47 Å². The maximum Gasteiger partial charge on any atom is 0.243 e. The van der Waals surface area contributed by atoms with E-state index in [-0.39, 0.29) is 23.5 Å². The number of nitrogens with two attached hydrogens (primary N) is 1. The lowest BCUT2D eigenvalue weighted by atomic mass is 9.99. The van der Waals surface area contributed by atoms with Crippen LogP contribution in [0.4, 0.5) is 14.5 Å². The number of aliphatic hydroxyl groups is 1. The Hall–Kier alpha value is -4.55. The van der Waals surface area contributed by atoms with Crippen molar-refractivity contribution in [3.63, 3.8) is 0 Å². The molecule has 8 nitrogen and oxygen atoms in total. The van der Waals surface area contributed by atoms with Gasteiger partial charge in [0.15, 0.2) is 5.78 Å². The highest BCUT2D eigenvalue weighted by molar-refractivity contribution is 7.22. The number of aliphatic hydroxyl groups excluding tert-OH is 1. The molecule has 0 aliphatic heterocycles. The number of hydrogen-bond acceptors (Lipinski definition) is 7. The lowest BCUT2D eigenvalue weighted by Gasteiger charge is -2.18. The summed E-state index contributed by atoms with van der Waals surface area (Å²) in [6, 6.07) is 19.4. The topological polar surface area (TPSA) is 118 Å². The first-order chi connectivity index (χ1) is 22.5. The van der Waals surface area contributed by atoms with Crippen LogP contribution in [-0.2, 0) is 24.4 Å². The van der Waals surface area contributed by atoms with Crippen LogP contribution in [-0.4, -0.2) is 46.0 Å². The molecule has 0 aliphatic carbocycles. The molecular formula is C36H36F2N4O4S. The van der Waals surface area contributed by atoms with Crippen LogP contribution in [0, 0.1) is 17.6 Å². The molecule has 2 aromatic heterocycles. The highest BCUT2D eigenvalue weighted by atomic mass is 32.1. The van der Waals surface area contributed by atoms with Gasteiger partial charge in [0.1, 0.15) is 22.5 Å². The Morgan fingerprint density at radius 3 is 2.23 bits per heavy atom.